The number of aliphatic carboxylic acids is 1. The lowest BCUT2D eigenvalue weighted by molar-refractivity contribution is -0.873. The Morgan fingerprint density at radius 1 is 1.50 bits per heavy atom. The van der Waals surface area contributed by atoms with Gasteiger partial charge in [0.05, 0.1) is 21.1 Å². The monoisotopic (exact) mass is 177 g/mol. The van der Waals surface area contributed by atoms with Crippen molar-refractivity contribution in [3.05, 3.63) is 0 Å². The van der Waals surface area contributed by atoms with Crippen molar-refractivity contribution in [2.24, 2.45) is 5.73 Å². The summed E-state index contributed by atoms with van der Waals surface area (Å²) in [7, 11) is 5.58. The van der Waals surface area contributed by atoms with Gasteiger partial charge in [0.1, 0.15) is 18.7 Å². The van der Waals surface area contributed by atoms with E-state index in [2.05, 4.69) is 0 Å². The number of carboxylic acids is 1. The number of aliphatic hydroxyl groups is 1. The molecule has 0 bridgehead atoms. The van der Waals surface area contributed by atoms with Gasteiger partial charge in [-0.1, -0.05) is 0 Å². The fourth-order valence-electron chi connectivity index (χ4n) is 0.839. The van der Waals surface area contributed by atoms with Gasteiger partial charge in [0.15, 0.2) is 0 Å². The quantitative estimate of drug-likeness (QED) is 0.455. The third-order valence-electron chi connectivity index (χ3n) is 1.43. The van der Waals surface area contributed by atoms with Crippen molar-refractivity contribution in [2.45, 2.75) is 12.1 Å². The molecule has 4 N–H and O–H groups in total. The SMILES string of the molecule is C[N+](C)(C)C[C@@H](O)[C@@H](N)C(=O)O. The Hall–Kier alpha value is -0.650. The van der Waals surface area contributed by atoms with Crippen LogP contribution in [0.1, 0.15) is 0 Å². The number of likely N-dealkylation sites (N-methyl/N-ethyl adjacent to an activating group) is 1. The molecule has 0 rings (SSSR count). The van der Waals surface area contributed by atoms with Crippen molar-refractivity contribution in [1.29, 1.82) is 0 Å². The highest BCUT2D eigenvalue weighted by Gasteiger charge is 2.26. The summed E-state index contributed by atoms with van der Waals surface area (Å²) >= 11 is 0. The van der Waals surface area contributed by atoms with Crippen molar-refractivity contribution >= 4 is 5.97 Å². The van der Waals surface area contributed by atoms with Crippen LogP contribution in [-0.4, -0.2) is 60.5 Å². The van der Waals surface area contributed by atoms with Crippen molar-refractivity contribution in [3.63, 3.8) is 0 Å². The van der Waals surface area contributed by atoms with Crippen LogP contribution in [0.5, 0.6) is 0 Å². The van der Waals surface area contributed by atoms with Gasteiger partial charge < -0.3 is 20.4 Å². The van der Waals surface area contributed by atoms with E-state index in [4.69, 9.17) is 10.8 Å². The van der Waals surface area contributed by atoms with Crippen LogP contribution < -0.4 is 5.73 Å². The van der Waals surface area contributed by atoms with E-state index in [-0.39, 0.29) is 0 Å². The summed E-state index contributed by atoms with van der Waals surface area (Å²) in [5.41, 5.74) is 5.21. The number of hydrogen-bond donors (Lipinski definition) is 3. The second-order valence-corrected chi connectivity index (χ2v) is 3.90. The van der Waals surface area contributed by atoms with E-state index in [1.54, 1.807) is 0 Å². The van der Waals surface area contributed by atoms with Crippen molar-refractivity contribution in [2.75, 3.05) is 27.7 Å². The van der Waals surface area contributed by atoms with Gasteiger partial charge in [0.2, 0.25) is 0 Å². The van der Waals surface area contributed by atoms with Gasteiger partial charge in [-0.3, -0.25) is 4.79 Å². The topological polar surface area (TPSA) is 83.5 Å². The Morgan fingerprint density at radius 2 is 1.92 bits per heavy atom. The first-order valence-corrected chi connectivity index (χ1v) is 3.71. The number of carboxylic acid groups (broad SMARTS) is 1. The molecule has 0 aromatic carbocycles. The summed E-state index contributed by atoms with van der Waals surface area (Å²) in [6, 6.07) is -1.19. The third kappa shape index (κ3) is 4.27. The van der Waals surface area contributed by atoms with E-state index in [1.807, 2.05) is 21.1 Å². The maximum atomic E-state index is 10.3. The highest BCUT2D eigenvalue weighted by Crippen LogP contribution is 1.98. The van der Waals surface area contributed by atoms with E-state index in [0.29, 0.717) is 11.0 Å². The van der Waals surface area contributed by atoms with Crippen molar-refractivity contribution in [1.82, 2.24) is 0 Å². The molecule has 0 aliphatic heterocycles. The molecule has 0 saturated carbocycles. The van der Waals surface area contributed by atoms with Crippen LogP contribution in [-0.2, 0) is 4.79 Å². The molecule has 0 radical (unpaired) electrons. The molecule has 12 heavy (non-hydrogen) atoms. The van der Waals surface area contributed by atoms with Gasteiger partial charge in [-0.25, -0.2) is 0 Å². The highest BCUT2D eigenvalue weighted by molar-refractivity contribution is 5.73. The number of carbonyl (C=O) groups is 1. The molecular weight excluding hydrogens is 160 g/mol. The number of rotatable bonds is 4. The summed E-state index contributed by atoms with van der Waals surface area (Å²) in [6.07, 6.45) is -0.998. The van der Waals surface area contributed by atoms with E-state index in [0.717, 1.165) is 0 Å². The first kappa shape index (κ1) is 11.4. The van der Waals surface area contributed by atoms with Gasteiger partial charge >= 0.3 is 5.97 Å². The average molecular weight is 177 g/mol. The minimum atomic E-state index is -1.19. The van der Waals surface area contributed by atoms with Crippen LogP contribution in [0, 0.1) is 0 Å². The Kier molecular flexibility index (Phi) is 3.63. The molecule has 0 amide bonds. The molecule has 0 spiro atoms. The molecule has 0 aliphatic carbocycles. The number of aliphatic hydroxyl groups excluding tert-OH is 1. The minimum absolute atomic E-state index is 0.327. The second kappa shape index (κ2) is 3.84. The van der Waals surface area contributed by atoms with Crippen LogP contribution in [0.2, 0.25) is 0 Å². The maximum absolute atomic E-state index is 10.3. The molecular formula is C7H17N2O3+. The van der Waals surface area contributed by atoms with E-state index >= 15 is 0 Å². The lowest BCUT2D eigenvalue weighted by Crippen LogP contribution is -2.51. The van der Waals surface area contributed by atoms with Crippen LogP contribution >= 0.6 is 0 Å². The predicted octanol–water partition coefficient (Wildman–Crippen LogP) is -1.53. The molecule has 0 aliphatic rings. The van der Waals surface area contributed by atoms with Gasteiger partial charge in [0, 0.05) is 0 Å². The largest absolute Gasteiger partial charge is 0.480 e. The highest BCUT2D eigenvalue weighted by atomic mass is 16.4. The van der Waals surface area contributed by atoms with E-state index < -0.39 is 18.1 Å². The number of nitrogens with zero attached hydrogens (tertiary/aromatic N) is 1. The van der Waals surface area contributed by atoms with E-state index in [9.17, 15) is 9.90 Å². The summed E-state index contributed by atoms with van der Waals surface area (Å²) in [5.74, 6) is -1.17. The van der Waals surface area contributed by atoms with Gasteiger partial charge in [-0.2, -0.15) is 0 Å². The average Bonchev–Trinajstić information content (AvgIpc) is 1.82. The van der Waals surface area contributed by atoms with Crippen LogP contribution in [0.3, 0.4) is 0 Å². The Balaban J connectivity index is 4.04. The van der Waals surface area contributed by atoms with Crippen molar-refractivity contribution in [3.8, 4) is 0 Å². The smallest absolute Gasteiger partial charge is 0.323 e. The second-order valence-electron chi connectivity index (χ2n) is 3.90. The van der Waals surface area contributed by atoms with Crippen LogP contribution in [0.15, 0.2) is 0 Å². The third-order valence-corrected chi connectivity index (χ3v) is 1.43. The number of nitrogens with two attached hydrogens (primary N) is 1. The molecule has 5 heteroatoms. The Bertz CT molecular complexity index is 165. The lowest BCUT2D eigenvalue weighted by Gasteiger charge is -2.27. The molecule has 0 fully saturated rings. The molecule has 72 valence electrons. The van der Waals surface area contributed by atoms with Gasteiger partial charge in [0.25, 0.3) is 0 Å². The number of hydrogen-bond acceptors (Lipinski definition) is 3. The van der Waals surface area contributed by atoms with Crippen molar-refractivity contribution < 1.29 is 19.5 Å². The normalized spacial score (nSPS) is 17.1. The fraction of sp³-hybridized carbons (Fsp3) is 0.857. The summed E-state index contributed by atoms with van der Waals surface area (Å²) < 4.78 is 0.488. The van der Waals surface area contributed by atoms with Gasteiger partial charge in [-0.05, 0) is 0 Å². The first-order valence-electron chi connectivity index (χ1n) is 3.71. The Morgan fingerprint density at radius 3 is 2.17 bits per heavy atom. The van der Waals surface area contributed by atoms with E-state index in [1.165, 1.54) is 0 Å². The first-order chi connectivity index (χ1) is 5.24. The zero-order chi connectivity index (χ0) is 9.94. The molecule has 2 atom stereocenters. The fourth-order valence-corrected chi connectivity index (χ4v) is 0.839. The molecule has 0 unspecified atom stereocenters. The molecule has 0 heterocycles. The summed E-state index contributed by atoms with van der Waals surface area (Å²) in [5, 5.41) is 17.8. The number of quaternary nitrogens is 1. The molecule has 5 nitrogen and oxygen atoms in total. The minimum Gasteiger partial charge on any atom is -0.480 e. The zero-order valence-electron chi connectivity index (χ0n) is 7.69. The summed E-state index contributed by atoms with van der Waals surface area (Å²) in [4.78, 5) is 10.3. The van der Waals surface area contributed by atoms with Crippen LogP contribution in [0.4, 0.5) is 0 Å². The molecule has 0 aromatic heterocycles. The predicted molar refractivity (Wildman–Crippen MR) is 44.5 cm³/mol. The van der Waals surface area contributed by atoms with Gasteiger partial charge in [-0.15, -0.1) is 0 Å². The lowest BCUT2D eigenvalue weighted by atomic mass is 10.1. The molecule has 0 saturated heterocycles. The zero-order valence-corrected chi connectivity index (χ0v) is 7.69. The van der Waals surface area contributed by atoms with Crippen LogP contribution in [0.25, 0.3) is 0 Å². The maximum Gasteiger partial charge on any atom is 0.323 e. The molecule has 0 aromatic rings. The Labute approximate surface area is 72.0 Å². The summed E-state index contributed by atoms with van der Waals surface area (Å²) in [6.45, 7) is 0.327. The standard InChI is InChI=1S/C7H16N2O3/c1-9(2,3)4-5(10)6(8)7(11)12/h5-6,10H,4,8H2,1-3H3/p+1/t5-,6-/m1/s1.